The lowest BCUT2D eigenvalue weighted by molar-refractivity contribution is 0.246. The highest BCUT2D eigenvalue weighted by Crippen LogP contribution is 2.26. The van der Waals surface area contributed by atoms with Crippen LogP contribution in [0.25, 0.3) is 0 Å². The van der Waals surface area contributed by atoms with E-state index in [1.165, 1.54) is 12.1 Å². The van der Waals surface area contributed by atoms with Crippen LogP contribution in [0.3, 0.4) is 0 Å². The van der Waals surface area contributed by atoms with Gasteiger partial charge in [0.15, 0.2) is 9.84 Å². The van der Waals surface area contributed by atoms with Crippen molar-refractivity contribution in [2.24, 2.45) is 0 Å². The Bertz CT molecular complexity index is 803. The molecule has 140 valence electrons. The summed E-state index contributed by atoms with van der Waals surface area (Å²) in [4.78, 5) is 2.18. The van der Waals surface area contributed by atoms with Gasteiger partial charge in [0.25, 0.3) is 0 Å². The van der Waals surface area contributed by atoms with E-state index in [1.807, 2.05) is 0 Å². The number of nitrogens with one attached hydrogen (secondary N) is 1. The van der Waals surface area contributed by atoms with Crippen LogP contribution in [0.5, 0.6) is 0 Å². The molecule has 0 bridgehead atoms. The van der Waals surface area contributed by atoms with Crippen molar-refractivity contribution in [3.63, 3.8) is 0 Å². The summed E-state index contributed by atoms with van der Waals surface area (Å²) >= 11 is 0. The first kappa shape index (κ1) is 18.8. The van der Waals surface area contributed by atoms with E-state index in [0.29, 0.717) is 0 Å². The predicted octanol–water partition coefficient (Wildman–Crippen LogP) is 1.07. The predicted molar refractivity (Wildman–Crippen MR) is 93.9 cm³/mol. The van der Waals surface area contributed by atoms with Crippen molar-refractivity contribution < 1.29 is 21.2 Å². The van der Waals surface area contributed by atoms with Crippen LogP contribution in [-0.2, 0) is 19.9 Å². The number of nitrogens with zero attached hydrogens (tertiary/aromatic N) is 1. The molecule has 9 heteroatoms. The van der Waals surface area contributed by atoms with Gasteiger partial charge in [0, 0.05) is 12.6 Å². The van der Waals surface area contributed by atoms with Gasteiger partial charge in [0.2, 0.25) is 10.0 Å². The molecule has 1 N–H and O–H groups in total. The third kappa shape index (κ3) is 4.58. The molecule has 1 aromatic rings. The van der Waals surface area contributed by atoms with E-state index in [-0.39, 0.29) is 36.3 Å². The lowest BCUT2D eigenvalue weighted by Crippen LogP contribution is -2.41. The summed E-state index contributed by atoms with van der Waals surface area (Å²) in [6.07, 6.45) is 2.24. The molecule has 2 fully saturated rings. The highest BCUT2D eigenvalue weighted by Gasteiger charge is 2.37. The smallest absolute Gasteiger partial charge is 0.215 e. The number of sulfone groups is 1. The van der Waals surface area contributed by atoms with Crippen LogP contribution in [0.15, 0.2) is 24.3 Å². The van der Waals surface area contributed by atoms with Gasteiger partial charge in [0.1, 0.15) is 5.82 Å². The highest BCUT2D eigenvalue weighted by atomic mass is 32.2. The average Bonchev–Trinajstić information content (AvgIpc) is 3.19. The lowest BCUT2D eigenvalue weighted by atomic mass is 10.1. The van der Waals surface area contributed by atoms with Crippen molar-refractivity contribution in [1.82, 2.24) is 9.62 Å². The van der Waals surface area contributed by atoms with Gasteiger partial charge >= 0.3 is 0 Å². The fourth-order valence-corrected chi connectivity index (χ4v) is 7.60. The van der Waals surface area contributed by atoms with Gasteiger partial charge in [-0.25, -0.2) is 25.9 Å². The Balaban J connectivity index is 1.73. The molecule has 1 aromatic carbocycles. The molecule has 2 atom stereocenters. The number of likely N-dealkylation sites (tertiary alicyclic amines) is 1. The molecule has 2 heterocycles. The van der Waals surface area contributed by atoms with Crippen molar-refractivity contribution in [3.8, 4) is 0 Å². The fourth-order valence-electron chi connectivity index (χ4n) is 3.51. The minimum Gasteiger partial charge on any atom is -0.295 e. The Morgan fingerprint density at radius 1 is 1.20 bits per heavy atom. The van der Waals surface area contributed by atoms with Crippen LogP contribution in [0.4, 0.5) is 4.39 Å². The van der Waals surface area contributed by atoms with Gasteiger partial charge in [-0.3, -0.25) is 4.90 Å². The van der Waals surface area contributed by atoms with Gasteiger partial charge in [-0.1, -0.05) is 12.1 Å². The number of halogens is 1. The van der Waals surface area contributed by atoms with Crippen LogP contribution in [0.1, 0.15) is 30.9 Å². The standard InChI is InChI=1S/C16H23FN2O4S2/c17-14-5-3-13(4-6-14)16(19-8-1-2-9-19)11-18-25(22,23)15-7-10-24(20,21)12-15/h3-6,15-16,18H,1-2,7-12H2/t15-,16+/m0/s1. The topological polar surface area (TPSA) is 83.5 Å². The molecule has 2 aliphatic rings. The van der Waals surface area contributed by atoms with Crippen molar-refractivity contribution in [2.45, 2.75) is 30.6 Å². The van der Waals surface area contributed by atoms with E-state index in [9.17, 15) is 21.2 Å². The maximum absolute atomic E-state index is 13.2. The molecule has 6 nitrogen and oxygen atoms in total. The maximum Gasteiger partial charge on any atom is 0.215 e. The van der Waals surface area contributed by atoms with Crippen LogP contribution in [0, 0.1) is 5.82 Å². The zero-order valence-corrected chi connectivity index (χ0v) is 15.5. The van der Waals surface area contributed by atoms with Gasteiger partial charge in [-0.05, 0) is 50.0 Å². The molecule has 2 aliphatic heterocycles. The molecule has 0 spiro atoms. The molecule has 0 aliphatic carbocycles. The van der Waals surface area contributed by atoms with Gasteiger partial charge in [-0.2, -0.15) is 0 Å². The van der Waals surface area contributed by atoms with E-state index >= 15 is 0 Å². The first-order chi connectivity index (χ1) is 11.8. The summed E-state index contributed by atoms with van der Waals surface area (Å²) in [5, 5.41) is -0.884. The van der Waals surface area contributed by atoms with Crippen molar-refractivity contribution in [1.29, 1.82) is 0 Å². The second-order valence-electron chi connectivity index (χ2n) is 6.73. The first-order valence-corrected chi connectivity index (χ1v) is 11.8. The van der Waals surface area contributed by atoms with Crippen LogP contribution < -0.4 is 4.72 Å². The van der Waals surface area contributed by atoms with E-state index in [0.717, 1.165) is 31.5 Å². The second-order valence-corrected chi connectivity index (χ2v) is 11.0. The van der Waals surface area contributed by atoms with E-state index < -0.39 is 25.1 Å². The number of benzene rings is 1. The van der Waals surface area contributed by atoms with Crippen molar-refractivity contribution in [2.75, 3.05) is 31.1 Å². The normalized spacial score (nSPS) is 25.2. The monoisotopic (exact) mass is 390 g/mol. The Kier molecular flexibility index (Phi) is 5.48. The molecule has 0 saturated carbocycles. The van der Waals surface area contributed by atoms with E-state index in [4.69, 9.17) is 0 Å². The second kappa shape index (κ2) is 7.30. The Labute approximate surface area is 148 Å². The van der Waals surface area contributed by atoms with E-state index in [1.54, 1.807) is 12.1 Å². The van der Waals surface area contributed by atoms with Crippen molar-refractivity contribution in [3.05, 3.63) is 35.6 Å². The summed E-state index contributed by atoms with van der Waals surface area (Å²) in [5.74, 6) is -0.722. The number of hydrogen-bond acceptors (Lipinski definition) is 5. The minimum absolute atomic E-state index is 0.0773. The molecule has 0 radical (unpaired) electrons. The number of hydrogen-bond donors (Lipinski definition) is 1. The maximum atomic E-state index is 13.2. The van der Waals surface area contributed by atoms with Gasteiger partial charge in [0.05, 0.1) is 16.8 Å². The van der Waals surface area contributed by atoms with Gasteiger partial charge in [-0.15, -0.1) is 0 Å². The van der Waals surface area contributed by atoms with Crippen LogP contribution in [-0.4, -0.2) is 58.1 Å². The molecule has 3 rings (SSSR count). The molecular formula is C16H23FN2O4S2. The molecule has 0 unspecified atom stereocenters. The quantitative estimate of drug-likeness (QED) is 0.786. The zero-order valence-electron chi connectivity index (χ0n) is 13.9. The molecule has 25 heavy (non-hydrogen) atoms. The summed E-state index contributed by atoms with van der Waals surface area (Å²) < 4.78 is 63.8. The van der Waals surface area contributed by atoms with Crippen LogP contribution >= 0.6 is 0 Å². The molecule has 2 saturated heterocycles. The zero-order chi connectivity index (χ0) is 18.1. The minimum atomic E-state index is -3.70. The summed E-state index contributed by atoms with van der Waals surface area (Å²) in [6.45, 7) is 1.88. The summed E-state index contributed by atoms with van der Waals surface area (Å²) in [5.41, 5.74) is 0.852. The summed E-state index contributed by atoms with van der Waals surface area (Å²) in [6, 6.07) is 5.91. The van der Waals surface area contributed by atoms with Gasteiger partial charge < -0.3 is 0 Å². The Morgan fingerprint density at radius 3 is 2.40 bits per heavy atom. The number of rotatable bonds is 6. The average molecular weight is 391 g/mol. The van der Waals surface area contributed by atoms with Crippen molar-refractivity contribution >= 4 is 19.9 Å². The molecular weight excluding hydrogens is 367 g/mol. The van der Waals surface area contributed by atoms with Crippen LogP contribution in [0.2, 0.25) is 0 Å². The highest BCUT2D eigenvalue weighted by molar-refractivity contribution is 7.95. The van der Waals surface area contributed by atoms with E-state index in [2.05, 4.69) is 9.62 Å². The molecule has 0 amide bonds. The molecule has 0 aromatic heterocycles. The SMILES string of the molecule is O=S1(=O)CC[C@H](S(=O)(=O)NC[C@H](c2ccc(F)cc2)N2CCCC2)C1. The Hall–Kier alpha value is -1.03. The third-order valence-electron chi connectivity index (χ3n) is 4.94. The summed E-state index contributed by atoms with van der Waals surface area (Å²) in [7, 11) is -6.96. The lowest BCUT2D eigenvalue weighted by Gasteiger charge is -2.28. The largest absolute Gasteiger partial charge is 0.295 e. The number of sulfonamides is 1. The Morgan fingerprint density at radius 2 is 1.84 bits per heavy atom. The fraction of sp³-hybridized carbons (Fsp3) is 0.625. The first-order valence-electron chi connectivity index (χ1n) is 8.45. The third-order valence-corrected chi connectivity index (χ3v) is 8.77.